The smallest absolute Gasteiger partial charge is 0.258 e. The highest BCUT2D eigenvalue weighted by molar-refractivity contribution is 7.91. The molecule has 19 heavy (non-hydrogen) atoms. The van der Waals surface area contributed by atoms with Crippen LogP contribution in [0.4, 0.5) is 5.69 Å². The Balaban J connectivity index is 2.79. The number of benzene rings is 1. The SMILES string of the molecule is C=CCS(=O)(=O)c1cc([N+](=O)[O-])c2ccccc2n1. The third kappa shape index (κ3) is 2.45. The summed E-state index contributed by atoms with van der Waals surface area (Å²) >= 11 is 0. The van der Waals surface area contributed by atoms with E-state index in [-0.39, 0.29) is 22.0 Å². The number of nitro groups is 1. The fraction of sp³-hybridized carbons (Fsp3) is 0.0833. The number of pyridine rings is 1. The molecule has 0 unspecified atom stereocenters. The van der Waals surface area contributed by atoms with Gasteiger partial charge in [-0.1, -0.05) is 18.2 Å². The van der Waals surface area contributed by atoms with E-state index in [0.29, 0.717) is 5.39 Å². The van der Waals surface area contributed by atoms with Gasteiger partial charge in [-0.3, -0.25) is 10.1 Å². The van der Waals surface area contributed by atoms with Gasteiger partial charge in [0.15, 0.2) is 14.9 Å². The highest BCUT2D eigenvalue weighted by atomic mass is 32.2. The molecule has 0 amide bonds. The van der Waals surface area contributed by atoms with Crippen LogP contribution in [-0.2, 0) is 9.84 Å². The Labute approximate surface area is 109 Å². The van der Waals surface area contributed by atoms with Gasteiger partial charge in [0.25, 0.3) is 5.69 Å². The Kier molecular flexibility index (Phi) is 3.30. The van der Waals surface area contributed by atoms with Crippen LogP contribution >= 0.6 is 0 Å². The van der Waals surface area contributed by atoms with E-state index < -0.39 is 14.8 Å². The molecular weight excluding hydrogens is 268 g/mol. The number of nitrogens with zero attached hydrogens (tertiary/aromatic N) is 2. The predicted octanol–water partition coefficient (Wildman–Crippen LogP) is 2.10. The Hall–Kier alpha value is -2.28. The number of hydrogen-bond donors (Lipinski definition) is 0. The summed E-state index contributed by atoms with van der Waals surface area (Å²) in [6.07, 6.45) is 1.22. The number of para-hydroxylation sites is 1. The first kappa shape index (κ1) is 13.2. The van der Waals surface area contributed by atoms with Crippen molar-refractivity contribution in [3.63, 3.8) is 0 Å². The summed E-state index contributed by atoms with van der Waals surface area (Å²) in [6.45, 7) is 3.35. The third-order valence-electron chi connectivity index (χ3n) is 2.52. The van der Waals surface area contributed by atoms with E-state index in [0.717, 1.165) is 6.07 Å². The Bertz CT molecular complexity index is 768. The van der Waals surface area contributed by atoms with E-state index in [2.05, 4.69) is 11.6 Å². The lowest BCUT2D eigenvalue weighted by Gasteiger charge is -2.04. The molecule has 0 aliphatic rings. The summed E-state index contributed by atoms with van der Waals surface area (Å²) in [5.74, 6) is -0.310. The molecule has 0 N–H and O–H groups in total. The number of aromatic nitrogens is 1. The van der Waals surface area contributed by atoms with Crippen LogP contribution in [0.15, 0.2) is 48.0 Å². The molecule has 1 heterocycles. The van der Waals surface area contributed by atoms with Crippen molar-refractivity contribution in [2.45, 2.75) is 5.03 Å². The first-order valence-electron chi connectivity index (χ1n) is 5.33. The van der Waals surface area contributed by atoms with Crippen molar-refractivity contribution in [2.75, 3.05) is 5.75 Å². The molecule has 0 aliphatic heterocycles. The maximum atomic E-state index is 11.9. The van der Waals surface area contributed by atoms with Crippen LogP contribution in [0.1, 0.15) is 0 Å². The van der Waals surface area contributed by atoms with Gasteiger partial charge in [-0.05, 0) is 12.1 Å². The molecule has 7 heteroatoms. The van der Waals surface area contributed by atoms with Crippen molar-refractivity contribution in [3.05, 3.63) is 53.1 Å². The zero-order valence-electron chi connectivity index (χ0n) is 9.81. The third-order valence-corrected chi connectivity index (χ3v) is 4.04. The predicted molar refractivity (Wildman–Crippen MR) is 70.6 cm³/mol. The Morgan fingerprint density at radius 1 is 1.37 bits per heavy atom. The topological polar surface area (TPSA) is 90.2 Å². The Morgan fingerprint density at radius 3 is 2.68 bits per heavy atom. The molecule has 0 saturated heterocycles. The van der Waals surface area contributed by atoms with Gasteiger partial charge in [-0.2, -0.15) is 0 Å². The fourth-order valence-electron chi connectivity index (χ4n) is 1.68. The average molecular weight is 278 g/mol. The van der Waals surface area contributed by atoms with Gasteiger partial charge >= 0.3 is 0 Å². The average Bonchev–Trinajstić information content (AvgIpc) is 2.37. The van der Waals surface area contributed by atoms with Gasteiger partial charge in [-0.15, -0.1) is 6.58 Å². The fourth-order valence-corrected chi connectivity index (χ4v) is 2.69. The molecule has 1 aromatic heterocycles. The summed E-state index contributed by atoms with van der Waals surface area (Å²) in [7, 11) is -3.69. The normalized spacial score (nSPS) is 11.4. The van der Waals surface area contributed by atoms with E-state index >= 15 is 0 Å². The summed E-state index contributed by atoms with van der Waals surface area (Å²) < 4.78 is 23.8. The van der Waals surface area contributed by atoms with Crippen LogP contribution < -0.4 is 0 Å². The van der Waals surface area contributed by atoms with Gasteiger partial charge in [-0.25, -0.2) is 13.4 Å². The minimum absolute atomic E-state index is 0.270. The number of rotatable bonds is 4. The molecule has 1 aromatic carbocycles. The highest BCUT2D eigenvalue weighted by Crippen LogP contribution is 2.27. The van der Waals surface area contributed by atoms with E-state index in [1.807, 2.05) is 0 Å². The zero-order chi connectivity index (χ0) is 14.0. The molecule has 2 rings (SSSR count). The molecule has 6 nitrogen and oxygen atoms in total. The largest absolute Gasteiger partial charge is 0.281 e. The first-order chi connectivity index (χ1) is 8.95. The van der Waals surface area contributed by atoms with Crippen molar-refractivity contribution < 1.29 is 13.3 Å². The molecule has 0 fully saturated rings. The van der Waals surface area contributed by atoms with Gasteiger partial charge < -0.3 is 0 Å². The molecule has 0 spiro atoms. The van der Waals surface area contributed by atoms with Gasteiger partial charge in [0.05, 0.1) is 27.6 Å². The lowest BCUT2D eigenvalue weighted by molar-refractivity contribution is -0.383. The Morgan fingerprint density at radius 2 is 2.05 bits per heavy atom. The second-order valence-electron chi connectivity index (χ2n) is 3.82. The van der Waals surface area contributed by atoms with E-state index in [4.69, 9.17) is 0 Å². The summed E-state index contributed by atoms with van der Waals surface area (Å²) in [4.78, 5) is 14.4. The van der Waals surface area contributed by atoms with Crippen LogP contribution in [0.2, 0.25) is 0 Å². The first-order valence-corrected chi connectivity index (χ1v) is 6.99. The molecule has 0 saturated carbocycles. The number of sulfone groups is 1. The number of hydrogen-bond acceptors (Lipinski definition) is 5. The van der Waals surface area contributed by atoms with E-state index in [9.17, 15) is 18.5 Å². The zero-order valence-corrected chi connectivity index (χ0v) is 10.6. The van der Waals surface area contributed by atoms with Gasteiger partial charge in [0.1, 0.15) is 0 Å². The molecule has 0 atom stereocenters. The summed E-state index contributed by atoms with van der Waals surface area (Å²) in [5.41, 5.74) is 0.00701. The van der Waals surface area contributed by atoms with Crippen molar-refractivity contribution in [1.29, 1.82) is 0 Å². The van der Waals surface area contributed by atoms with Crippen molar-refractivity contribution in [2.24, 2.45) is 0 Å². The molecule has 0 bridgehead atoms. The highest BCUT2D eigenvalue weighted by Gasteiger charge is 2.21. The van der Waals surface area contributed by atoms with Crippen molar-refractivity contribution >= 4 is 26.4 Å². The van der Waals surface area contributed by atoms with Crippen LogP contribution in [0.3, 0.4) is 0 Å². The van der Waals surface area contributed by atoms with Crippen molar-refractivity contribution in [3.8, 4) is 0 Å². The minimum Gasteiger partial charge on any atom is -0.258 e. The van der Waals surface area contributed by atoms with Crippen LogP contribution in [0.5, 0.6) is 0 Å². The molecule has 0 aliphatic carbocycles. The van der Waals surface area contributed by atoms with E-state index in [1.54, 1.807) is 12.1 Å². The molecule has 0 radical (unpaired) electrons. The van der Waals surface area contributed by atoms with Crippen LogP contribution in [-0.4, -0.2) is 24.1 Å². The summed E-state index contributed by atoms with van der Waals surface area (Å²) in [6, 6.07) is 7.33. The quantitative estimate of drug-likeness (QED) is 0.485. The second kappa shape index (κ2) is 4.77. The standard InChI is InChI=1S/C12H10N2O4S/c1-2-7-19(17,18)12-8-11(14(15)16)9-5-3-4-6-10(9)13-12/h2-6,8H,1,7H2. The van der Waals surface area contributed by atoms with E-state index in [1.165, 1.54) is 18.2 Å². The second-order valence-corrected chi connectivity index (χ2v) is 5.81. The van der Waals surface area contributed by atoms with Gasteiger partial charge in [0.2, 0.25) is 0 Å². The molecule has 98 valence electrons. The van der Waals surface area contributed by atoms with Crippen LogP contribution in [0.25, 0.3) is 10.9 Å². The molecule has 2 aromatic rings. The van der Waals surface area contributed by atoms with Crippen LogP contribution in [0, 0.1) is 10.1 Å². The molecular formula is C12H10N2O4S. The number of fused-ring (bicyclic) bond motifs is 1. The lowest BCUT2D eigenvalue weighted by Crippen LogP contribution is -2.08. The minimum atomic E-state index is -3.69. The summed E-state index contributed by atoms with van der Waals surface area (Å²) in [5, 5.41) is 11.0. The maximum Gasteiger partial charge on any atom is 0.281 e. The lowest BCUT2D eigenvalue weighted by atomic mass is 10.2. The monoisotopic (exact) mass is 278 g/mol. The maximum absolute atomic E-state index is 11.9. The van der Waals surface area contributed by atoms with Crippen molar-refractivity contribution in [1.82, 2.24) is 4.98 Å². The van der Waals surface area contributed by atoms with Gasteiger partial charge in [0, 0.05) is 0 Å².